The van der Waals surface area contributed by atoms with E-state index in [1.165, 1.54) is 36.7 Å². The zero-order chi connectivity index (χ0) is 22.0. The van der Waals surface area contributed by atoms with E-state index in [1.807, 2.05) is 6.92 Å². The molecule has 0 saturated carbocycles. The molecule has 1 fully saturated rings. The van der Waals surface area contributed by atoms with Crippen molar-refractivity contribution in [2.24, 2.45) is 0 Å². The molecule has 1 aliphatic heterocycles. The van der Waals surface area contributed by atoms with Crippen molar-refractivity contribution in [3.63, 3.8) is 0 Å². The molecule has 8 heteroatoms. The molecule has 0 spiro atoms. The van der Waals surface area contributed by atoms with Gasteiger partial charge in [0.2, 0.25) is 5.95 Å². The number of amides is 1. The predicted molar refractivity (Wildman–Crippen MR) is 111 cm³/mol. The number of ketones is 1. The molecular weight excluding hydrogens is 401 g/mol. The lowest BCUT2D eigenvalue weighted by Gasteiger charge is -2.23. The number of halogens is 1. The van der Waals surface area contributed by atoms with Crippen molar-refractivity contribution >= 4 is 23.4 Å². The van der Waals surface area contributed by atoms with Gasteiger partial charge in [-0.3, -0.25) is 14.5 Å². The lowest BCUT2D eigenvalue weighted by molar-refractivity contribution is -0.132. The normalized spacial score (nSPS) is 17.7. The first-order valence-corrected chi connectivity index (χ1v) is 9.58. The molecule has 0 radical (unpaired) electrons. The zero-order valence-corrected chi connectivity index (χ0v) is 16.5. The summed E-state index contributed by atoms with van der Waals surface area (Å²) in [7, 11) is 0. The molecule has 2 heterocycles. The Morgan fingerprint density at radius 2 is 1.71 bits per heavy atom. The molecule has 1 saturated heterocycles. The van der Waals surface area contributed by atoms with Gasteiger partial charge in [-0.1, -0.05) is 12.1 Å². The molecule has 4 rings (SSSR count). The number of aromatic nitrogens is 2. The molecule has 31 heavy (non-hydrogen) atoms. The monoisotopic (exact) mass is 419 g/mol. The molecule has 1 aromatic heterocycles. The molecule has 1 atom stereocenters. The standard InChI is InChI=1S/C23H18FN3O4/c1-2-31-17-10-6-15(7-11-17)20(28)18-19(14-4-8-16(24)9-5-14)27(22(30)21(18)29)23-25-12-3-13-26-23/h3-13,19,28H,2H2,1H3. The molecule has 156 valence electrons. The van der Waals surface area contributed by atoms with Gasteiger partial charge >= 0.3 is 5.91 Å². The van der Waals surface area contributed by atoms with Gasteiger partial charge in [-0.2, -0.15) is 0 Å². The number of carbonyl (C=O) groups excluding carboxylic acids is 2. The van der Waals surface area contributed by atoms with Crippen LogP contribution in [0.5, 0.6) is 5.75 Å². The van der Waals surface area contributed by atoms with Gasteiger partial charge in [0.15, 0.2) is 0 Å². The van der Waals surface area contributed by atoms with E-state index in [9.17, 15) is 19.1 Å². The highest BCUT2D eigenvalue weighted by molar-refractivity contribution is 6.51. The summed E-state index contributed by atoms with van der Waals surface area (Å²) in [6.45, 7) is 2.34. The van der Waals surface area contributed by atoms with Crippen molar-refractivity contribution in [2.45, 2.75) is 13.0 Å². The minimum atomic E-state index is -1.02. The van der Waals surface area contributed by atoms with Gasteiger partial charge in [-0.15, -0.1) is 0 Å². The molecular formula is C23H18FN3O4. The maximum absolute atomic E-state index is 13.5. The Bertz CT molecular complexity index is 1150. The Balaban J connectivity index is 1.88. The van der Waals surface area contributed by atoms with E-state index in [-0.39, 0.29) is 17.3 Å². The highest BCUT2D eigenvalue weighted by Crippen LogP contribution is 2.41. The molecule has 3 aromatic rings. The first-order chi connectivity index (χ1) is 15.0. The molecule has 0 aliphatic carbocycles. The predicted octanol–water partition coefficient (Wildman–Crippen LogP) is 3.64. The van der Waals surface area contributed by atoms with Gasteiger partial charge in [0.25, 0.3) is 5.78 Å². The number of anilines is 1. The van der Waals surface area contributed by atoms with Crippen LogP contribution in [0.3, 0.4) is 0 Å². The molecule has 1 unspecified atom stereocenters. The summed E-state index contributed by atoms with van der Waals surface area (Å²) in [5, 5.41) is 11.0. The smallest absolute Gasteiger partial charge is 0.302 e. The molecule has 1 N–H and O–H groups in total. The van der Waals surface area contributed by atoms with E-state index in [1.54, 1.807) is 30.3 Å². The Kier molecular flexibility index (Phi) is 5.44. The highest BCUT2D eigenvalue weighted by atomic mass is 19.1. The molecule has 1 amide bonds. The van der Waals surface area contributed by atoms with Crippen LogP contribution in [0, 0.1) is 5.82 Å². The number of benzene rings is 2. The van der Waals surface area contributed by atoms with Crippen LogP contribution in [-0.4, -0.2) is 33.4 Å². The Morgan fingerprint density at radius 3 is 2.32 bits per heavy atom. The lowest BCUT2D eigenvalue weighted by Crippen LogP contribution is -2.31. The van der Waals surface area contributed by atoms with E-state index >= 15 is 0 Å². The fraction of sp³-hybridized carbons (Fsp3) is 0.130. The van der Waals surface area contributed by atoms with Crippen molar-refractivity contribution in [2.75, 3.05) is 11.5 Å². The van der Waals surface area contributed by atoms with Gasteiger partial charge < -0.3 is 9.84 Å². The Labute approximate surface area is 177 Å². The van der Waals surface area contributed by atoms with Crippen LogP contribution in [0.4, 0.5) is 10.3 Å². The summed E-state index contributed by atoms with van der Waals surface area (Å²) >= 11 is 0. The lowest BCUT2D eigenvalue weighted by atomic mass is 9.95. The van der Waals surface area contributed by atoms with Crippen LogP contribution in [0.15, 0.2) is 72.6 Å². The quantitative estimate of drug-likeness (QED) is 0.386. The fourth-order valence-electron chi connectivity index (χ4n) is 3.45. The van der Waals surface area contributed by atoms with Gasteiger partial charge in [-0.05, 0) is 55.0 Å². The van der Waals surface area contributed by atoms with Crippen molar-refractivity contribution in [1.29, 1.82) is 0 Å². The summed E-state index contributed by atoms with van der Waals surface area (Å²) in [6, 6.07) is 12.4. The van der Waals surface area contributed by atoms with Crippen LogP contribution < -0.4 is 9.64 Å². The third kappa shape index (κ3) is 3.75. The average Bonchev–Trinajstić information content (AvgIpc) is 3.06. The van der Waals surface area contributed by atoms with E-state index in [0.717, 1.165) is 4.90 Å². The molecule has 0 bridgehead atoms. The number of hydrogen-bond acceptors (Lipinski definition) is 6. The van der Waals surface area contributed by atoms with Crippen molar-refractivity contribution in [3.8, 4) is 5.75 Å². The Morgan fingerprint density at radius 1 is 1.06 bits per heavy atom. The van der Waals surface area contributed by atoms with E-state index in [0.29, 0.717) is 23.5 Å². The second kappa shape index (κ2) is 8.35. The van der Waals surface area contributed by atoms with Gasteiger partial charge in [0, 0.05) is 18.0 Å². The maximum Gasteiger partial charge on any atom is 0.302 e. The number of Topliss-reactive ketones (excluding diaryl/α,β-unsaturated/α-hetero) is 1. The number of aliphatic hydroxyl groups excluding tert-OH is 1. The van der Waals surface area contributed by atoms with Crippen LogP contribution in [-0.2, 0) is 9.59 Å². The van der Waals surface area contributed by atoms with Gasteiger partial charge in [-0.25, -0.2) is 14.4 Å². The number of hydrogen-bond donors (Lipinski definition) is 1. The summed E-state index contributed by atoms with van der Waals surface area (Å²) in [5.41, 5.74) is 0.635. The molecule has 7 nitrogen and oxygen atoms in total. The Hall–Kier alpha value is -4.07. The average molecular weight is 419 g/mol. The van der Waals surface area contributed by atoms with Crippen molar-refractivity contribution in [3.05, 3.63) is 89.5 Å². The van der Waals surface area contributed by atoms with Gasteiger partial charge in [0.1, 0.15) is 17.3 Å². The summed E-state index contributed by atoms with van der Waals surface area (Å²) in [5.74, 6) is -1.98. The topological polar surface area (TPSA) is 92.6 Å². The van der Waals surface area contributed by atoms with Crippen LogP contribution >= 0.6 is 0 Å². The minimum absolute atomic E-state index is 0.00432. The number of aliphatic hydroxyl groups is 1. The first kappa shape index (κ1) is 20.2. The summed E-state index contributed by atoms with van der Waals surface area (Å²) < 4.78 is 18.9. The highest BCUT2D eigenvalue weighted by Gasteiger charge is 2.48. The van der Waals surface area contributed by atoms with Crippen LogP contribution in [0.25, 0.3) is 5.76 Å². The summed E-state index contributed by atoms with van der Waals surface area (Å²) in [4.78, 5) is 35.1. The fourth-order valence-corrected chi connectivity index (χ4v) is 3.45. The number of ether oxygens (including phenoxy) is 1. The number of nitrogens with zero attached hydrogens (tertiary/aromatic N) is 3. The molecule has 1 aliphatic rings. The summed E-state index contributed by atoms with van der Waals surface area (Å²) in [6.07, 6.45) is 2.88. The van der Waals surface area contributed by atoms with E-state index in [2.05, 4.69) is 9.97 Å². The van der Waals surface area contributed by atoms with Gasteiger partial charge in [0.05, 0.1) is 18.2 Å². The van der Waals surface area contributed by atoms with E-state index in [4.69, 9.17) is 4.74 Å². The zero-order valence-electron chi connectivity index (χ0n) is 16.5. The maximum atomic E-state index is 13.5. The van der Waals surface area contributed by atoms with Crippen LogP contribution in [0.2, 0.25) is 0 Å². The second-order valence-electron chi connectivity index (χ2n) is 6.73. The van der Waals surface area contributed by atoms with Crippen molar-refractivity contribution in [1.82, 2.24) is 9.97 Å². The van der Waals surface area contributed by atoms with Crippen molar-refractivity contribution < 1.29 is 23.8 Å². The third-order valence-electron chi connectivity index (χ3n) is 4.84. The van der Waals surface area contributed by atoms with Crippen LogP contribution in [0.1, 0.15) is 24.1 Å². The molecule has 2 aromatic carbocycles. The number of rotatable bonds is 5. The van der Waals surface area contributed by atoms with E-state index < -0.39 is 23.5 Å². The minimum Gasteiger partial charge on any atom is -0.507 e. The second-order valence-corrected chi connectivity index (χ2v) is 6.73. The SMILES string of the molecule is CCOc1ccc(C(O)=C2C(=O)C(=O)N(c3ncccn3)C2c2ccc(F)cc2)cc1. The number of carbonyl (C=O) groups is 2. The first-order valence-electron chi connectivity index (χ1n) is 9.58. The third-order valence-corrected chi connectivity index (χ3v) is 4.84. The largest absolute Gasteiger partial charge is 0.507 e.